The lowest BCUT2D eigenvalue weighted by Crippen LogP contribution is -2.50. The first kappa shape index (κ1) is 16.1. The van der Waals surface area contributed by atoms with Gasteiger partial charge in [-0.2, -0.15) is 0 Å². The summed E-state index contributed by atoms with van der Waals surface area (Å²) in [6.45, 7) is 0. The number of methoxy groups -OCH3 is 1. The van der Waals surface area contributed by atoms with Gasteiger partial charge in [0.25, 0.3) is 0 Å². The van der Waals surface area contributed by atoms with Gasteiger partial charge in [0.15, 0.2) is 0 Å². The highest BCUT2D eigenvalue weighted by Gasteiger charge is 2.37. The van der Waals surface area contributed by atoms with Crippen molar-refractivity contribution in [1.82, 2.24) is 0 Å². The lowest BCUT2D eigenvalue weighted by molar-refractivity contribution is -0.0430. The van der Waals surface area contributed by atoms with Crippen LogP contribution in [0.3, 0.4) is 0 Å². The normalized spacial score (nSPS) is 20.4. The van der Waals surface area contributed by atoms with Gasteiger partial charge in [-0.15, -0.1) is 0 Å². The summed E-state index contributed by atoms with van der Waals surface area (Å²) < 4.78 is 5.86. The van der Waals surface area contributed by atoms with Gasteiger partial charge in [0.05, 0.1) is 5.60 Å². The predicted octanol–water partition coefficient (Wildman–Crippen LogP) is 4.60. The SMILES string of the molecule is COC1(C(N)Cc2ccc(Cl)cc2Cl)CCCCCC1. The predicted molar refractivity (Wildman–Crippen MR) is 85.6 cm³/mol. The summed E-state index contributed by atoms with van der Waals surface area (Å²) in [7, 11) is 1.79. The van der Waals surface area contributed by atoms with E-state index in [0.29, 0.717) is 10.0 Å². The number of hydrogen-bond acceptors (Lipinski definition) is 2. The van der Waals surface area contributed by atoms with Crippen molar-refractivity contribution >= 4 is 23.2 Å². The Kier molecular flexibility index (Phi) is 5.74. The van der Waals surface area contributed by atoms with E-state index in [1.54, 1.807) is 13.2 Å². The Hall–Kier alpha value is -0.280. The molecule has 0 heterocycles. The fourth-order valence-corrected chi connectivity index (χ4v) is 3.65. The number of nitrogens with two attached hydrogens (primary N) is 1. The fourth-order valence-electron chi connectivity index (χ4n) is 3.16. The number of hydrogen-bond donors (Lipinski definition) is 1. The maximum Gasteiger partial charge on any atom is 0.0832 e. The van der Waals surface area contributed by atoms with Crippen molar-refractivity contribution in [3.63, 3.8) is 0 Å². The van der Waals surface area contributed by atoms with Crippen molar-refractivity contribution < 1.29 is 4.74 Å². The van der Waals surface area contributed by atoms with Crippen molar-refractivity contribution in [3.8, 4) is 0 Å². The number of benzene rings is 1. The second kappa shape index (κ2) is 7.13. The van der Waals surface area contributed by atoms with Gasteiger partial charge < -0.3 is 10.5 Å². The minimum absolute atomic E-state index is 0.0377. The number of ether oxygens (including phenoxy) is 1. The van der Waals surface area contributed by atoms with E-state index in [1.165, 1.54) is 25.7 Å². The lowest BCUT2D eigenvalue weighted by atomic mass is 9.83. The molecule has 1 aromatic rings. The van der Waals surface area contributed by atoms with Crippen LogP contribution in [-0.4, -0.2) is 18.8 Å². The molecule has 0 saturated heterocycles. The molecule has 2 rings (SSSR count). The van der Waals surface area contributed by atoms with Crippen molar-refractivity contribution in [1.29, 1.82) is 0 Å². The summed E-state index contributed by atoms with van der Waals surface area (Å²) in [6, 6.07) is 5.56. The first-order valence-electron chi connectivity index (χ1n) is 7.32. The second-order valence-electron chi connectivity index (χ2n) is 5.73. The molecule has 1 aliphatic carbocycles. The minimum atomic E-state index is -0.209. The highest BCUT2D eigenvalue weighted by atomic mass is 35.5. The molecular formula is C16H23Cl2NO. The van der Waals surface area contributed by atoms with Crippen LogP contribution in [0.2, 0.25) is 10.0 Å². The third-order valence-corrected chi connectivity index (χ3v) is 5.07. The van der Waals surface area contributed by atoms with E-state index in [2.05, 4.69) is 0 Å². The van der Waals surface area contributed by atoms with Crippen molar-refractivity contribution in [2.75, 3.05) is 7.11 Å². The fraction of sp³-hybridized carbons (Fsp3) is 0.625. The van der Waals surface area contributed by atoms with Gasteiger partial charge in [-0.05, 0) is 37.0 Å². The summed E-state index contributed by atoms with van der Waals surface area (Å²) in [4.78, 5) is 0. The lowest BCUT2D eigenvalue weighted by Gasteiger charge is -2.37. The molecule has 0 spiro atoms. The number of halogens is 2. The molecule has 1 atom stereocenters. The van der Waals surface area contributed by atoms with E-state index >= 15 is 0 Å². The van der Waals surface area contributed by atoms with Crippen LogP contribution in [-0.2, 0) is 11.2 Å². The average Bonchev–Trinajstić information content (AvgIpc) is 2.68. The summed E-state index contributed by atoms with van der Waals surface area (Å²) in [6.07, 6.45) is 7.74. The molecule has 2 N–H and O–H groups in total. The molecule has 0 bridgehead atoms. The topological polar surface area (TPSA) is 35.2 Å². The molecule has 0 radical (unpaired) electrons. The quantitative estimate of drug-likeness (QED) is 0.824. The van der Waals surface area contributed by atoms with Crippen LogP contribution in [0, 0.1) is 0 Å². The standard InChI is InChI=1S/C16H23Cl2NO/c1-20-16(8-4-2-3-5-9-16)15(19)10-12-6-7-13(17)11-14(12)18/h6-7,11,15H,2-5,8-10,19H2,1H3. The van der Waals surface area contributed by atoms with Crippen LogP contribution in [0.15, 0.2) is 18.2 Å². The molecule has 112 valence electrons. The monoisotopic (exact) mass is 315 g/mol. The zero-order valence-corrected chi connectivity index (χ0v) is 13.5. The van der Waals surface area contributed by atoms with Gasteiger partial charge in [0.1, 0.15) is 0 Å². The van der Waals surface area contributed by atoms with E-state index in [-0.39, 0.29) is 11.6 Å². The average molecular weight is 316 g/mol. The van der Waals surface area contributed by atoms with Gasteiger partial charge in [-0.3, -0.25) is 0 Å². The van der Waals surface area contributed by atoms with Crippen LogP contribution in [0.4, 0.5) is 0 Å². The third kappa shape index (κ3) is 3.67. The molecular weight excluding hydrogens is 293 g/mol. The zero-order valence-electron chi connectivity index (χ0n) is 12.0. The van der Waals surface area contributed by atoms with Crippen LogP contribution >= 0.6 is 23.2 Å². The molecule has 0 aliphatic heterocycles. The highest BCUT2D eigenvalue weighted by molar-refractivity contribution is 6.35. The first-order valence-corrected chi connectivity index (χ1v) is 8.08. The highest BCUT2D eigenvalue weighted by Crippen LogP contribution is 2.34. The summed E-state index contributed by atoms with van der Waals surface area (Å²) in [5.74, 6) is 0. The molecule has 1 aliphatic rings. The Morgan fingerprint density at radius 2 is 1.85 bits per heavy atom. The largest absolute Gasteiger partial charge is 0.377 e. The first-order chi connectivity index (χ1) is 9.57. The molecule has 1 saturated carbocycles. The number of rotatable bonds is 4. The molecule has 1 unspecified atom stereocenters. The van der Waals surface area contributed by atoms with Crippen LogP contribution in [0.1, 0.15) is 44.1 Å². The molecule has 2 nitrogen and oxygen atoms in total. The van der Waals surface area contributed by atoms with Crippen LogP contribution < -0.4 is 5.73 Å². The maximum atomic E-state index is 6.49. The molecule has 0 aromatic heterocycles. The molecule has 1 fully saturated rings. The molecule has 1 aromatic carbocycles. The smallest absolute Gasteiger partial charge is 0.0832 e. The Labute approximate surface area is 131 Å². The van der Waals surface area contributed by atoms with E-state index in [0.717, 1.165) is 24.8 Å². The Bertz CT molecular complexity index is 442. The van der Waals surface area contributed by atoms with Crippen molar-refractivity contribution in [3.05, 3.63) is 33.8 Å². The molecule has 0 amide bonds. The van der Waals surface area contributed by atoms with E-state index in [4.69, 9.17) is 33.7 Å². The van der Waals surface area contributed by atoms with Gasteiger partial charge in [-0.1, -0.05) is 55.0 Å². The molecule has 20 heavy (non-hydrogen) atoms. The van der Waals surface area contributed by atoms with Crippen molar-refractivity contribution in [2.45, 2.75) is 56.6 Å². The Balaban J connectivity index is 2.13. The minimum Gasteiger partial charge on any atom is -0.377 e. The van der Waals surface area contributed by atoms with Crippen LogP contribution in [0.25, 0.3) is 0 Å². The zero-order chi connectivity index (χ0) is 14.6. The van der Waals surface area contributed by atoms with Gasteiger partial charge >= 0.3 is 0 Å². The summed E-state index contributed by atoms with van der Waals surface area (Å²) in [5.41, 5.74) is 7.32. The summed E-state index contributed by atoms with van der Waals surface area (Å²) in [5, 5.41) is 1.34. The second-order valence-corrected chi connectivity index (χ2v) is 6.57. The van der Waals surface area contributed by atoms with Crippen molar-refractivity contribution in [2.24, 2.45) is 5.73 Å². The van der Waals surface area contributed by atoms with Gasteiger partial charge in [-0.25, -0.2) is 0 Å². The van der Waals surface area contributed by atoms with E-state index in [1.807, 2.05) is 12.1 Å². The van der Waals surface area contributed by atoms with E-state index < -0.39 is 0 Å². The molecule has 4 heteroatoms. The Morgan fingerprint density at radius 1 is 1.20 bits per heavy atom. The third-order valence-electron chi connectivity index (χ3n) is 4.49. The maximum absolute atomic E-state index is 6.49. The Morgan fingerprint density at radius 3 is 2.40 bits per heavy atom. The van der Waals surface area contributed by atoms with Gasteiger partial charge in [0, 0.05) is 23.2 Å². The van der Waals surface area contributed by atoms with Crippen LogP contribution in [0.5, 0.6) is 0 Å². The van der Waals surface area contributed by atoms with E-state index in [9.17, 15) is 0 Å². The summed E-state index contributed by atoms with van der Waals surface area (Å²) >= 11 is 12.2. The van der Waals surface area contributed by atoms with Gasteiger partial charge in [0.2, 0.25) is 0 Å².